The molecule has 122 valence electrons. The highest BCUT2D eigenvalue weighted by Crippen LogP contribution is 2.11. The summed E-state index contributed by atoms with van der Waals surface area (Å²) in [7, 11) is -1.08. The molecule has 0 saturated heterocycles. The van der Waals surface area contributed by atoms with Gasteiger partial charge in [-0.3, -0.25) is 5.32 Å². The fourth-order valence-corrected chi connectivity index (χ4v) is 2.45. The van der Waals surface area contributed by atoms with Gasteiger partial charge in [-0.25, -0.2) is 17.9 Å². The zero-order chi connectivity index (χ0) is 16.9. The van der Waals surface area contributed by atoms with Gasteiger partial charge in [0, 0.05) is 7.05 Å². The Morgan fingerprint density at radius 1 is 1.09 bits per heavy atom. The number of anilines is 2. The van der Waals surface area contributed by atoms with Gasteiger partial charge in [0.25, 0.3) is 10.0 Å². The molecule has 0 atom stereocenters. The number of benzene rings is 1. The fourth-order valence-electron chi connectivity index (χ4n) is 1.52. The maximum Gasteiger partial charge on any atom is 0.335 e. The average molecular weight is 338 g/mol. The summed E-state index contributed by atoms with van der Waals surface area (Å²) in [6.45, 7) is 0. The number of sulfonamides is 1. The van der Waals surface area contributed by atoms with Crippen LogP contribution in [0.5, 0.6) is 6.01 Å². The number of amides is 2. The smallest absolute Gasteiger partial charge is 0.335 e. The van der Waals surface area contributed by atoms with Crippen molar-refractivity contribution in [2.24, 2.45) is 0 Å². The van der Waals surface area contributed by atoms with Crippen LogP contribution in [0.1, 0.15) is 0 Å². The lowest BCUT2D eigenvalue weighted by Gasteiger charge is -2.09. The van der Waals surface area contributed by atoms with Crippen molar-refractivity contribution in [1.82, 2.24) is 19.7 Å². The lowest BCUT2D eigenvalue weighted by molar-refractivity contribution is 0.256. The molecule has 0 bridgehead atoms. The van der Waals surface area contributed by atoms with Crippen molar-refractivity contribution >= 4 is 28.0 Å². The minimum atomic E-state index is -3.99. The Morgan fingerprint density at radius 2 is 1.74 bits per heavy atom. The van der Waals surface area contributed by atoms with Crippen LogP contribution in [0.4, 0.5) is 16.7 Å². The highest BCUT2D eigenvalue weighted by molar-refractivity contribution is 7.90. The number of carbonyl (C=O) groups excluding carboxylic acids is 1. The molecular formula is C12H14N6O4S. The summed E-state index contributed by atoms with van der Waals surface area (Å²) >= 11 is 0. The highest BCUT2D eigenvalue weighted by Gasteiger charge is 2.18. The van der Waals surface area contributed by atoms with E-state index in [1.165, 1.54) is 19.2 Å². The molecule has 1 heterocycles. The van der Waals surface area contributed by atoms with E-state index in [1.807, 2.05) is 4.72 Å². The lowest BCUT2D eigenvalue weighted by Crippen LogP contribution is -2.35. The van der Waals surface area contributed by atoms with Crippen molar-refractivity contribution in [2.45, 2.75) is 4.90 Å². The largest absolute Gasteiger partial charge is 0.467 e. The molecule has 0 fully saturated rings. The van der Waals surface area contributed by atoms with Crippen molar-refractivity contribution in [3.63, 3.8) is 0 Å². The zero-order valence-corrected chi connectivity index (χ0v) is 13.1. The Morgan fingerprint density at radius 3 is 2.35 bits per heavy atom. The maximum atomic E-state index is 12.0. The van der Waals surface area contributed by atoms with Gasteiger partial charge in [0.15, 0.2) is 0 Å². The molecule has 2 amide bonds. The molecule has 0 aliphatic rings. The number of nitrogens with zero attached hydrogens (tertiary/aromatic N) is 3. The van der Waals surface area contributed by atoms with E-state index < -0.39 is 16.1 Å². The Labute approximate surface area is 132 Å². The van der Waals surface area contributed by atoms with Gasteiger partial charge in [0.05, 0.1) is 12.0 Å². The number of methoxy groups -OCH3 is 1. The molecule has 0 spiro atoms. The zero-order valence-electron chi connectivity index (χ0n) is 12.3. The molecule has 0 saturated carbocycles. The summed E-state index contributed by atoms with van der Waals surface area (Å²) in [5.74, 6) is -0.0139. The molecule has 0 aliphatic heterocycles. The second-order valence-corrected chi connectivity index (χ2v) is 5.77. The van der Waals surface area contributed by atoms with Gasteiger partial charge in [-0.2, -0.15) is 15.0 Å². The Kier molecular flexibility index (Phi) is 4.91. The van der Waals surface area contributed by atoms with Crippen LogP contribution >= 0.6 is 0 Å². The number of hydrogen-bond acceptors (Lipinski definition) is 8. The summed E-state index contributed by atoms with van der Waals surface area (Å²) < 4.78 is 30.7. The summed E-state index contributed by atoms with van der Waals surface area (Å²) in [4.78, 5) is 23.3. The number of ether oxygens (including phenoxy) is 1. The second-order valence-electron chi connectivity index (χ2n) is 4.09. The molecule has 0 aliphatic carbocycles. The number of nitrogens with one attached hydrogen (secondary N) is 3. The second kappa shape index (κ2) is 6.87. The topological polar surface area (TPSA) is 135 Å². The quantitative estimate of drug-likeness (QED) is 0.714. The molecule has 1 aromatic heterocycles. The fraction of sp³-hybridized carbons (Fsp3) is 0.167. The average Bonchev–Trinajstić information content (AvgIpc) is 2.54. The predicted octanol–water partition coefficient (Wildman–Crippen LogP) is 0.432. The summed E-state index contributed by atoms with van der Waals surface area (Å²) in [6.07, 6.45) is 0. The van der Waals surface area contributed by atoms with Crippen molar-refractivity contribution in [1.29, 1.82) is 0 Å². The summed E-state index contributed by atoms with van der Waals surface area (Å²) in [5.41, 5.74) is 0. The first kappa shape index (κ1) is 16.4. The predicted molar refractivity (Wildman–Crippen MR) is 81.7 cm³/mol. The van der Waals surface area contributed by atoms with Crippen molar-refractivity contribution in [3.8, 4) is 6.01 Å². The normalized spacial score (nSPS) is 10.7. The lowest BCUT2D eigenvalue weighted by atomic mass is 10.4. The molecule has 10 nitrogen and oxygen atoms in total. The van der Waals surface area contributed by atoms with Gasteiger partial charge in [0.1, 0.15) is 0 Å². The number of hydrogen-bond donors (Lipinski definition) is 3. The van der Waals surface area contributed by atoms with Gasteiger partial charge >= 0.3 is 12.0 Å². The van der Waals surface area contributed by atoms with E-state index in [0.717, 1.165) is 0 Å². The molecular weight excluding hydrogens is 324 g/mol. The van der Waals surface area contributed by atoms with Gasteiger partial charge in [-0.1, -0.05) is 18.2 Å². The van der Waals surface area contributed by atoms with Crippen molar-refractivity contribution in [3.05, 3.63) is 30.3 Å². The van der Waals surface area contributed by atoms with Gasteiger partial charge in [0.2, 0.25) is 11.9 Å². The Balaban J connectivity index is 2.14. The minimum absolute atomic E-state index is 0.0365. The molecule has 3 N–H and O–H groups in total. The Bertz CT molecular complexity index is 774. The third-order valence-corrected chi connectivity index (χ3v) is 3.87. The third-order valence-electron chi connectivity index (χ3n) is 2.53. The molecule has 23 heavy (non-hydrogen) atoms. The number of urea groups is 1. The molecule has 2 rings (SSSR count). The monoisotopic (exact) mass is 338 g/mol. The van der Waals surface area contributed by atoms with E-state index in [-0.39, 0.29) is 22.8 Å². The number of aromatic nitrogens is 3. The van der Waals surface area contributed by atoms with Crippen LogP contribution in [0.15, 0.2) is 35.2 Å². The van der Waals surface area contributed by atoms with Gasteiger partial charge in [-0.15, -0.1) is 0 Å². The van der Waals surface area contributed by atoms with Crippen molar-refractivity contribution in [2.75, 3.05) is 24.8 Å². The van der Waals surface area contributed by atoms with Crippen LogP contribution in [0.3, 0.4) is 0 Å². The van der Waals surface area contributed by atoms with Crippen LogP contribution in [0.25, 0.3) is 0 Å². The van der Waals surface area contributed by atoms with E-state index in [4.69, 9.17) is 4.74 Å². The third kappa shape index (κ3) is 4.26. The van der Waals surface area contributed by atoms with Crippen LogP contribution in [0.2, 0.25) is 0 Å². The van der Waals surface area contributed by atoms with E-state index in [1.54, 1.807) is 25.2 Å². The summed E-state index contributed by atoms with van der Waals surface area (Å²) in [5, 5.41) is 4.86. The number of carbonyl (C=O) groups is 1. The minimum Gasteiger partial charge on any atom is -0.467 e. The van der Waals surface area contributed by atoms with Gasteiger partial charge in [-0.05, 0) is 12.1 Å². The van der Waals surface area contributed by atoms with E-state index in [2.05, 4.69) is 25.6 Å². The van der Waals surface area contributed by atoms with Crippen LogP contribution in [0, 0.1) is 0 Å². The first-order chi connectivity index (χ1) is 10.9. The van der Waals surface area contributed by atoms with E-state index in [0.29, 0.717) is 0 Å². The van der Waals surface area contributed by atoms with Crippen molar-refractivity contribution < 1.29 is 17.9 Å². The van der Waals surface area contributed by atoms with Crippen LogP contribution < -0.4 is 20.1 Å². The SMILES string of the molecule is CNc1nc(NC(=O)NS(=O)(=O)c2ccccc2)nc(OC)n1. The summed E-state index contributed by atoms with van der Waals surface area (Å²) in [6, 6.07) is 6.43. The molecule has 11 heteroatoms. The van der Waals surface area contributed by atoms with E-state index in [9.17, 15) is 13.2 Å². The highest BCUT2D eigenvalue weighted by atomic mass is 32.2. The van der Waals surface area contributed by atoms with E-state index >= 15 is 0 Å². The molecule has 2 aromatic rings. The van der Waals surface area contributed by atoms with Crippen LogP contribution in [-0.4, -0.2) is 43.6 Å². The molecule has 0 unspecified atom stereocenters. The maximum absolute atomic E-state index is 12.0. The van der Waals surface area contributed by atoms with Crippen LogP contribution in [-0.2, 0) is 10.0 Å². The standard InChI is InChI=1S/C12H14N6O4S/c1-13-9-14-10(17-12(16-9)22-2)15-11(19)18-23(20,21)8-6-4-3-5-7-8/h3-7H,1-2H3,(H3,13,14,15,16,17,18,19). The first-order valence-electron chi connectivity index (χ1n) is 6.31. The molecule has 1 aromatic carbocycles. The van der Waals surface area contributed by atoms with Gasteiger partial charge < -0.3 is 10.1 Å². The molecule has 0 radical (unpaired) electrons. The first-order valence-corrected chi connectivity index (χ1v) is 7.79. The Hall–Kier alpha value is -2.95. The number of rotatable bonds is 5.